The Bertz CT molecular complexity index is 1470. The summed E-state index contributed by atoms with van der Waals surface area (Å²) in [6, 6.07) is 26.6. The van der Waals surface area contributed by atoms with Gasteiger partial charge in [0, 0.05) is 61.6 Å². The van der Waals surface area contributed by atoms with Crippen molar-refractivity contribution in [1.29, 1.82) is 5.26 Å². The molecule has 1 aliphatic rings. The van der Waals surface area contributed by atoms with Crippen molar-refractivity contribution in [2.24, 2.45) is 0 Å². The molecular formula is C33H35N5O. The molecule has 0 spiro atoms. The second kappa shape index (κ2) is 11.6. The Hall–Kier alpha value is -4.34. The molecule has 1 saturated heterocycles. The number of benzene rings is 3. The molecule has 6 heteroatoms. The van der Waals surface area contributed by atoms with E-state index in [1.807, 2.05) is 30.3 Å². The van der Waals surface area contributed by atoms with Crippen LogP contribution in [0.4, 0.5) is 11.4 Å². The quantitative estimate of drug-likeness (QED) is 0.291. The third-order valence-electron chi connectivity index (χ3n) is 7.51. The molecule has 2 N–H and O–H groups in total. The average molecular weight is 518 g/mol. The minimum atomic E-state index is -0.105. The first-order valence-corrected chi connectivity index (χ1v) is 13.6. The van der Waals surface area contributed by atoms with E-state index in [9.17, 15) is 4.79 Å². The Labute approximate surface area is 230 Å². The minimum absolute atomic E-state index is 0.105. The number of aromatic nitrogens is 1. The zero-order chi connectivity index (χ0) is 27.4. The predicted molar refractivity (Wildman–Crippen MR) is 158 cm³/mol. The first kappa shape index (κ1) is 26.3. The molecule has 4 aromatic rings. The van der Waals surface area contributed by atoms with E-state index in [4.69, 9.17) is 5.26 Å². The highest BCUT2D eigenvalue weighted by molar-refractivity contribution is 6.09. The number of rotatable bonds is 7. The smallest absolute Gasteiger partial charge is 0.256 e. The summed E-state index contributed by atoms with van der Waals surface area (Å²) in [5.74, 6) is 0.362. The third kappa shape index (κ3) is 6.05. The molecule has 5 rings (SSSR count). The lowest BCUT2D eigenvalue weighted by molar-refractivity contribution is 0.102. The van der Waals surface area contributed by atoms with Crippen molar-refractivity contribution in [1.82, 2.24) is 9.88 Å². The lowest BCUT2D eigenvalue weighted by Gasteiger charge is -2.36. The van der Waals surface area contributed by atoms with E-state index >= 15 is 0 Å². The van der Waals surface area contributed by atoms with Crippen LogP contribution in [0.3, 0.4) is 0 Å². The van der Waals surface area contributed by atoms with E-state index in [0.717, 1.165) is 66.5 Å². The number of amides is 1. The maximum Gasteiger partial charge on any atom is 0.256 e. The summed E-state index contributed by atoms with van der Waals surface area (Å²) in [5, 5.41) is 12.1. The summed E-state index contributed by atoms with van der Waals surface area (Å²) >= 11 is 0. The van der Waals surface area contributed by atoms with Gasteiger partial charge in [0.05, 0.1) is 5.56 Å². The number of nitrogens with zero attached hydrogens (tertiary/aromatic N) is 3. The maximum atomic E-state index is 13.4. The van der Waals surface area contributed by atoms with Gasteiger partial charge in [0.15, 0.2) is 0 Å². The summed E-state index contributed by atoms with van der Waals surface area (Å²) in [4.78, 5) is 21.3. The van der Waals surface area contributed by atoms with Gasteiger partial charge in [0.1, 0.15) is 6.07 Å². The Kier molecular flexibility index (Phi) is 7.81. The summed E-state index contributed by atoms with van der Waals surface area (Å²) < 4.78 is 0. The molecule has 0 aliphatic carbocycles. The molecule has 0 radical (unpaired) electrons. The molecule has 0 atom stereocenters. The van der Waals surface area contributed by atoms with Crippen LogP contribution >= 0.6 is 0 Å². The maximum absolute atomic E-state index is 13.4. The monoisotopic (exact) mass is 517 g/mol. The molecule has 198 valence electrons. The minimum Gasteiger partial charge on any atom is -0.369 e. The van der Waals surface area contributed by atoms with Gasteiger partial charge in [0.25, 0.3) is 5.91 Å². The average Bonchev–Trinajstić information content (AvgIpc) is 3.41. The highest BCUT2D eigenvalue weighted by atomic mass is 16.1. The van der Waals surface area contributed by atoms with Gasteiger partial charge in [-0.05, 0) is 71.5 Å². The van der Waals surface area contributed by atoms with Gasteiger partial charge in [-0.25, -0.2) is 0 Å². The zero-order valence-corrected chi connectivity index (χ0v) is 22.9. The lowest BCUT2D eigenvalue weighted by atomic mass is 9.92. The number of nitrogens with one attached hydrogen (secondary N) is 2. The fourth-order valence-electron chi connectivity index (χ4n) is 5.23. The number of H-pyrrole nitrogens is 1. The molecule has 1 aromatic heterocycles. The predicted octanol–water partition coefficient (Wildman–Crippen LogP) is 6.56. The third-order valence-corrected chi connectivity index (χ3v) is 7.51. The van der Waals surface area contributed by atoms with Gasteiger partial charge < -0.3 is 15.2 Å². The number of anilines is 2. The van der Waals surface area contributed by atoms with Crippen LogP contribution in [0.5, 0.6) is 0 Å². The van der Waals surface area contributed by atoms with E-state index < -0.39 is 0 Å². The molecule has 1 aliphatic heterocycles. The molecule has 0 saturated carbocycles. The van der Waals surface area contributed by atoms with Crippen molar-refractivity contribution >= 4 is 17.3 Å². The molecule has 0 bridgehead atoms. The number of carbonyl (C=O) groups excluding carboxylic acids is 1. The topological polar surface area (TPSA) is 75.2 Å². The molecule has 2 heterocycles. The van der Waals surface area contributed by atoms with Crippen molar-refractivity contribution in [2.75, 3.05) is 36.4 Å². The Morgan fingerprint density at radius 3 is 2.36 bits per heavy atom. The molecule has 39 heavy (non-hydrogen) atoms. The van der Waals surface area contributed by atoms with Crippen molar-refractivity contribution in [3.8, 4) is 17.2 Å². The SMILES string of the molecule is Cc1cccc(C(=O)Nc2ccc(N3CCN(Cc4cc(C#N)c[nH]4)CC3)cc2)c1-c1ccc(C(C)C)cc1. The summed E-state index contributed by atoms with van der Waals surface area (Å²) in [6.07, 6.45) is 1.76. The number of hydrogen-bond donors (Lipinski definition) is 2. The molecule has 0 unspecified atom stereocenters. The molecule has 6 nitrogen and oxygen atoms in total. The Morgan fingerprint density at radius 2 is 1.72 bits per heavy atom. The normalized spacial score (nSPS) is 13.9. The van der Waals surface area contributed by atoms with Crippen molar-refractivity contribution < 1.29 is 4.79 Å². The van der Waals surface area contributed by atoms with Crippen LogP contribution in [0.2, 0.25) is 0 Å². The standard InChI is InChI=1S/C33H35N5O/c1-23(2)26-7-9-27(10-8-26)32-24(3)5-4-6-31(32)33(39)36-28-11-13-30(14-12-28)38-17-15-37(16-18-38)22-29-19-25(20-34)21-35-29/h4-14,19,21,23,35H,15-18,22H2,1-3H3,(H,36,39). The van der Waals surface area contributed by atoms with Gasteiger partial charge in [-0.2, -0.15) is 5.26 Å². The fourth-order valence-corrected chi connectivity index (χ4v) is 5.23. The number of aromatic amines is 1. The number of carbonyl (C=O) groups is 1. The van der Waals surface area contributed by atoms with Crippen LogP contribution in [0, 0.1) is 18.3 Å². The first-order valence-electron chi connectivity index (χ1n) is 13.6. The highest BCUT2D eigenvalue weighted by Crippen LogP contribution is 2.30. The highest BCUT2D eigenvalue weighted by Gasteiger charge is 2.19. The molecular weight excluding hydrogens is 482 g/mol. The Morgan fingerprint density at radius 1 is 1.00 bits per heavy atom. The van der Waals surface area contributed by atoms with Crippen LogP contribution in [0.15, 0.2) is 79.0 Å². The van der Waals surface area contributed by atoms with Crippen LogP contribution < -0.4 is 10.2 Å². The fraction of sp³-hybridized carbons (Fsp3) is 0.273. The summed E-state index contributed by atoms with van der Waals surface area (Å²) in [7, 11) is 0. The van der Waals surface area contributed by atoms with Crippen LogP contribution in [0.1, 0.15) is 52.5 Å². The summed E-state index contributed by atoms with van der Waals surface area (Å²) in [6.45, 7) is 11.0. The van der Waals surface area contributed by atoms with Crippen LogP contribution in [-0.2, 0) is 6.54 Å². The van der Waals surface area contributed by atoms with Gasteiger partial charge in [0.2, 0.25) is 0 Å². The van der Waals surface area contributed by atoms with Gasteiger partial charge in [-0.3, -0.25) is 9.69 Å². The van der Waals surface area contributed by atoms with Crippen molar-refractivity contribution in [3.63, 3.8) is 0 Å². The van der Waals surface area contributed by atoms with Crippen LogP contribution in [0.25, 0.3) is 11.1 Å². The van der Waals surface area contributed by atoms with Gasteiger partial charge in [-0.15, -0.1) is 0 Å². The Balaban J connectivity index is 1.22. The number of piperazine rings is 1. The summed E-state index contributed by atoms with van der Waals surface area (Å²) in [5.41, 5.74) is 8.76. The van der Waals surface area contributed by atoms with Gasteiger partial charge in [-0.1, -0.05) is 50.2 Å². The van der Waals surface area contributed by atoms with E-state index in [0.29, 0.717) is 17.0 Å². The van der Waals surface area contributed by atoms with Gasteiger partial charge >= 0.3 is 0 Å². The second-order valence-corrected chi connectivity index (χ2v) is 10.6. The van der Waals surface area contributed by atoms with Crippen molar-refractivity contribution in [3.05, 3.63) is 107 Å². The van der Waals surface area contributed by atoms with E-state index in [-0.39, 0.29) is 5.91 Å². The number of hydrogen-bond acceptors (Lipinski definition) is 4. The van der Waals surface area contributed by atoms with E-state index in [1.54, 1.807) is 6.20 Å². The first-order chi connectivity index (χ1) is 18.9. The molecule has 1 amide bonds. The number of nitriles is 1. The largest absolute Gasteiger partial charge is 0.369 e. The van der Waals surface area contributed by atoms with Crippen LogP contribution in [-0.4, -0.2) is 42.0 Å². The second-order valence-electron chi connectivity index (χ2n) is 10.6. The van der Waals surface area contributed by atoms with Crippen molar-refractivity contribution in [2.45, 2.75) is 33.2 Å². The zero-order valence-electron chi connectivity index (χ0n) is 22.9. The molecule has 3 aromatic carbocycles. The molecule has 1 fully saturated rings. The number of aryl methyl sites for hydroxylation is 1. The van der Waals surface area contributed by atoms with E-state index in [1.165, 1.54) is 5.56 Å². The lowest BCUT2D eigenvalue weighted by Crippen LogP contribution is -2.46. The van der Waals surface area contributed by atoms with E-state index in [2.05, 4.69) is 89.4 Å².